The lowest BCUT2D eigenvalue weighted by atomic mass is 10.1. The summed E-state index contributed by atoms with van der Waals surface area (Å²) in [5, 5.41) is 6.43. The predicted octanol–water partition coefficient (Wildman–Crippen LogP) is 5.14. The highest BCUT2D eigenvalue weighted by Crippen LogP contribution is 2.26. The van der Waals surface area contributed by atoms with Crippen molar-refractivity contribution < 1.29 is 4.79 Å². The van der Waals surface area contributed by atoms with E-state index in [-0.39, 0.29) is 11.9 Å². The number of thiazole rings is 1. The third kappa shape index (κ3) is 4.36. The Morgan fingerprint density at radius 1 is 1.23 bits per heavy atom. The van der Waals surface area contributed by atoms with E-state index in [1.54, 1.807) is 18.5 Å². The zero-order valence-corrected chi connectivity index (χ0v) is 16.0. The Hall–Kier alpha value is -2.50. The number of hydrogen-bond acceptors (Lipinski definition) is 4. The molecule has 0 saturated heterocycles. The molecule has 1 N–H and O–H groups in total. The first kappa shape index (κ1) is 18.3. The van der Waals surface area contributed by atoms with Crippen molar-refractivity contribution in [3.63, 3.8) is 0 Å². The number of carbonyl (C=O) groups is 1. The fourth-order valence-corrected chi connectivity index (χ4v) is 3.63. The number of rotatable bonds is 5. The van der Waals surface area contributed by atoms with Crippen LogP contribution in [0.5, 0.6) is 0 Å². The quantitative estimate of drug-likeness (QED) is 0.620. The molecule has 4 nitrogen and oxygen atoms in total. The Kier molecular flexibility index (Phi) is 5.81. The lowest BCUT2D eigenvalue weighted by Crippen LogP contribution is -2.24. The molecular formula is C20H18ClN3OS. The van der Waals surface area contributed by atoms with Crippen LogP contribution in [0.25, 0.3) is 16.8 Å². The number of aromatic nitrogens is 2. The van der Waals surface area contributed by atoms with Gasteiger partial charge in [-0.2, -0.15) is 0 Å². The van der Waals surface area contributed by atoms with Crippen molar-refractivity contribution in [1.82, 2.24) is 15.3 Å². The van der Waals surface area contributed by atoms with Crippen LogP contribution in [0.2, 0.25) is 5.02 Å². The number of benzene rings is 1. The minimum atomic E-state index is -0.182. The van der Waals surface area contributed by atoms with Crippen LogP contribution in [0.1, 0.15) is 30.5 Å². The molecule has 1 unspecified atom stereocenters. The lowest BCUT2D eigenvalue weighted by Gasteiger charge is -2.10. The molecule has 0 aliphatic carbocycles. The summed E-state index contributed by atoms with van der Waals surface area (Å²) in [6, 6.07) is 11.1. The SMILES string of the molecule is C/C(=C/C(=O)NC(C)c1nc(-c2ccncc2)cs1)c1ccccc1Cl. The van der Waals surface area contributed by atoms with Crippen molar-refractivity contribution in [2.45, 2.75) is 19.9 Å². The van der Waals surface area contributed by atoms with Crippen molar-refractivity contribution in [3.8, 4) is 11.3 Å². The van der Waals surface area contributed by atoms with Crippen LogP contribution in [0.15, 0.2) is 60.2 Å². The summed E-state index contributed by atoms with van der Waals surface area (Å²) in [5.74, 6) is -0.171. The summed E-state index contributed by atoms with van der Waals surface area (Å²) in [7, 11) is 0. The van der Waals surface area contributed by atoms with Gasteiger partial charge in [-0.3, -0.25) is 9.78 Å². The predicted molar refractivity (Wildman–Crippen MR) is 107 cm³/mol. The van der Waals surface area contributed by atoms with Gasteiger partial charge in [0, 0.05) is 34.4 Å². The molecule has 3 rings (SSSR count). The highest BCUT2D eigenvalue weighted by molar-refractivity contribution is 7.10. The van der Waals surface area contributed by atoms with Gasteiger partial charge in [-0.25, -0.2) is 4.98 Å². The smallest absolute Gasteiger partial charge is 0.244 e. The van der Waals surface area contributed by atoms with Crippen molar-refractivity contribution >= 4 is 34.4 Å². The van der Waals surface area contributed by atoms with Crippen LogP contribution in [-0.2, 0) is 4.79 Å². The van der Waals surface area contributed by atoms with Crippen LogP contribution in [0.3, 0.4) is 0 Å². The van der Waals surface area contributed by atoms with Gasteiger partial charge in [0.1, 0.15) is 5.01 Å². The average Bonchev–Trinajstić information content (AvgIpc) is 3.13. The first-order valence-electron chi connectivity index (χ1n) is 8.14. The van der Waals surface area contributed by atoms with Gasteiger partial charge < -0.3 is 5.32 Å². The van der Waals surface area contributed by atoms with Gasteiger partial charge >= 0.3 is 0 Å². The third-order valence-corrected chi connectivity index (χ3v) is 5.23. The molecule has 0 aliphatic rings. The molecule has 132 valence electrons. The zero-order chi connectivity index (χ0) is 18.5. The highest BCUT2D eigenvalue weighted by Gasteiger charge is 2.14. The van der Waals surface area contributed by atoms with E-state index in [0.717, 1.165) is 27.4 Å². The third-order valence-electron chi connectivity index (χ3n) is 3.87. The molecule has 0 aliphatic heterocycles. The Morgan fingerprint density at radius 3 is 2.69 bits per heavy atom. The number of halogens is 1. The standard InChI is InChI=1S/C20H18ClN3OS/c1-13(16-5-3-4-6-17(16)21)11-19(25)23-14(2)20-24-18(12-26-20)15-7-9-22-10-8-15/h3-12,14H,1-2H3,(H,23,25)/b13-11-. The van der Waals surface area contributed by atoms with E-state index in [1.165, 1.54) is 11.3 Å². The molecule has 3 aromatic rings. The average molecular weight is 384 g/mol. The molecule has 0 bridgehead atoms. The van der Waals surface area contributed by atoms with Gasteiger partial charge in [-0.05, 0) is 43.2 Å². The van der Waals surface area contributed by atoms with Crippen molar-refractivity contribution in [1.29, 1.82) is 0 Å². The summed E-state index contributed by atoms with van der Waals surface area (Å²) in [6.45, 7) is 3.79. The molecule has 2 heterocycles. The lowest BCUT2D eigenvalue weighted by molar-refractivity contribution is -0.117. The van der Waals surface area contributed by atoms with Crippen LogP contribution < -0.4 is 5.32 Å². The molecule has 1 aromatic carbocycles. The zero-order valence-electron chi connectivity index (χ0n) is 14.4. The Bertz CT molecular complexity index is 937. The number of hydrogen-bond donors (Lipinski definition) is 1. The van der Waals surface area contributed by atoms with E-state index in [2.05, 4.69) is 15.3 Å². The van der Waals surface area contributed by atoms with Gasteiger partial charge in [0.15, 0.2) is 0 Å². The van der Waals surface area contributed by atoms with Gasteiger partial charge in [0.25, 0.3) is 0 Å². The van der Waals surface area contributed by atoms with Gasteiger partial charge in [-0.1, -0.05) is 29.8 Å². The van der Waals surface area contributed by atoms with Crippen molar-refractivity contribution in [2.75, 3.05) is 0 Å². The second-order valence-corrected chi connectivity index (χ2v) is 7.14. The maximum atomic E-state index is 12.3. The molecule has 2 aromatic heterocycles. The number of nitrogens with one attached hydrogen (secondary N) is 1. The van der Waals surface area contributed by atoms with E-state index in [1.807, 2.05) is 55.6 Å². The first-order valence-corrected chi connectivity index (χ1v) is 9.40. The summed E-state index contributed by atoms with van der Waals surface area (Å²) < 4.78 is 0. The monoisotopic (exact) mass is 383 g/mol. The molecule has 1 atom stereocenters. The maximum Gasteiger partial charge on any atom is 0.244 e. The topological polar surface area (TPSA) is 54.9 Å². The summed E-state index contributed by atoms with van der Waals surface area (Å²) in [5.41, 5.74) is 3.56. The minimum Gasteiger partial charge on any atom is -0.344 e. The fourth-order valence-electron chi connectivity index (χ4n) is 2.51. The van der Waals surface area contributed by atoms with Crippen LogP contribution in [0, 0.1) is 0 Å². The number of amides is 1. The molecular weight excluding hydrogens is 366 g/mol. The second kappa shape index (κ2) is 8.25. The van der Waals surface area contributed by atoms with E-state index >= 15 is 0 Å². The first-order chi connectivity index (χ1) is 12.5. The summed E-state index contributed by atoms with van der Waals surface area (Å²) >= 11 is 7.70. The number of allylic oxidation sites excluding steroid dienone is 1. The Morgan fingerprint density at radius 2 is 1.96 bits per heavy atom. The van der Waals surface area contributed by atoms with E-state index in [0.29, 0.717) is 5.02 Å². The molecule has 1 amide bonds. The largest absolute Gasteiger partial charge is 0.344 e. The molecule has 0 saturated carbocycles. The second-order valence-electron chi connectivity index (χ2n) is 5.84. The van der Waals surface area contributed by atoms with Crippen molar-refractivity contribution in [3.05, 3.63) is 75.8 Å². The molecule has 26 heavy (non-hydrogen) atoms. The molecule has 6 heteroatoms. The number of nitrogens with zero attached hydrogens (tertiary/aromatic N) is 2. The van der Waals surface area contributed by atoms with Gasteiger partial charge in [-0.15, -0.1) is 11.3 Å². The van der Waals surface area contributed by atoms with E-state index < -0.39 is 0 Å². The molecule has 0 fully saturated rings. The van der Waals surface area contributed by atoms with Crippen LogP contribution in [-0.4, -0.2) is 15.9 Å². The van der Waals surface area contributed by atoms with E-state index in [9.17, 15) is 4.79 Å². The summed E-state index contributed by atoms with van der Waals surface area (Å²) in [4.78, 5) is 21.0. The number of pyridine rings is 1. The Labute approximate surface area is 161 Å². The minimum absolute atomic E-state index is 0.171. The normalized spacial score (nSPS) is 12.7. The maximum absolute atomic E-state index is 12.3. The van der Waals surface area contributed by atoms with Gasteiger partial charge in [0.2, 0.25) is 5.91 Å². The summed E-state index contributed by atoms with van der Waals surface area (Å²) in [6.07, 6.45) is 5.04. The van der Waals surface area contributed by atoms with Crippen LogP contribution in [0.4, 0.5) is 0 Å². The Balaban J connectivity index is 1.69. The fraction of sp³-hybridized carbons (Fsp3) is 0.150. The molecule has 0 spiro atoms. The van der Waals surface area contributed by atoms with Gasteiger partial charge in [0.05, 0.1) is 11.7 Å². The van der Waals surface area contributed by atoms with Crippen LogP contribution >= 0.6 is 22.9 Å². The highest BCUT2D eigenvalue weighted by atomic mass is 35.5. The van der Waals surface area contributed by atoms with E-state index in [4.69, 9.17) is 11.6 Å². The molecule has 0 radical (unpaired) electrons. The number of carbonyl (C=O) groups excluding carboxylic acids is 1. The van der Waals surface area contributed by atoms with Crippen molar-refractivity contribution in [2.24, 2.45) is 0 Å².